The van der Waals surface area contributed by atoms with Gasteiger partial charge >= 0.3 is 6.03 Å². The Hall–Kier alpha value is -1.34. The SMILES string of the molecule is CC(C(=O)N[C@@H](C)CN)N1C(=O)NC2(CCCC2)C1=O.Cl. The van der Waals surface area contributed by atoms with Crippen LogP contribution in [-0.4, -0.2) is 46.9 Å². The fourth-order valence-electron chi connectivity index (χ4n) is 2.85. The van der Waals surface area contributed by atoms with E-state index in [0.29, 0.717) is 19.4 Å². The lowest BCUT2D eigenvalue weighted by molar-refractivity contribution is -0.138. The van der Waals surface area contributed by atoms with Gasteiger partial charge in [0.15, 0.2) is 0 Å². The van der Waals surface area contributed by atoms with Crippen LogP contribution in [0.5, 0.6) is 0 Å². The maximum atomic E-state index is 12.5. The molecule has 7 nitrogen and oxygen atoms in total. The van der Waals surface area contributed by atoms with Gasteiger partial charge in [0.1, 0.15) is 11.6 Å². The normalized spacial score (nSPS) is 22.7. The Bertz CT molecular complexity index is 437. The van der Waals surface area contributed by atoms with Gasteiger partial charge in [0.25, 0.3) is 5.91 Å². The maximum absolute atomic E-state index is 12.5. The highest BCUT2D eigenvalue weighted by Gasteiger charge is 2.54. The highest BCUT2D eigenvalue weighted by molar-refractivity contribution is 6.09. The van der Waals surface area contributed by atoms with Crippen molar-refractivity contribution in [1.82, 2.24) is 15.5 Å². The molecule has 4 N–H and O–H groups in total. The molecule has 1 aliphatic heterocycles. The molecule has 21 heavy (non-hydrogen) atoms. The van der Waals surface area contributed by atoms with E-state index < -0.39 is 17.6 Å². The highest BCUT2D eigenvalue weighted by Crippen LogP contribution is 2.35. The van der Waals surface area contributed by atoms with Crippen molar-refractivity contribution in [3.8, 4) is 0 Å². The lowest BCUT2D eigenvalue weighted by Crippen LogP contribution is -2.52. The summed E-state index contributed by atoms with van der Waals surface area (Å²) >= 11 is 0. The Morgan fingerprint density at radius 3 is 2.48 bits per heavy atom. The molecule has 2 aliphatic rings. The molecule has 2 rings (SSSR count). The molecule has 0 aromatic heterocycles. The van der Waals surface area contributed by atoms with Crippen LogP contribution in [-0.2, 0) is 9.59 Å². The van der Waals surface area contributed by atoms with E-state index >= 15 is 0 Å². The van der Waals surface area contributed by atoms with Crippen LogP contribution in [0.25, 0.3) is 0 Å². The van der Waals surface area contributed by atoms with Crippen LogP contribution in [0, 0.1) is 0 Å². The molecule has 8 heteroatoms. The average Bonchev–Trinajstić information content (AvgIpc) is 2.96. The van der Waals surface area contributed by atoms with Crippen molar-refractivity contribution < 1.29 is 14.4 Å². The average molecular weight is 319 g/mol. The van der Waals surface area contributed by atoms with Crippen LogP contribution < -0.4 is 16.4 Å². The molecule has 1 unspecified atom stereocenters. The monoisotopic (exact) mass is 318 g/mol. The third-order valence-corrected chi connectivity index (χ3v) is 4.16. The molecule has 0 aromatic rings. The lowest BCUT2D eigenvalue weighted by atomic mass is 9.97. The van der Waals surface area contributed by atoms with E-state index in [1.54, 1.807) is 13.8 Å². The standard InChI is InChI=1S/C13H22N4O3.ClH/c1-8(7-14)15-10(18)9(2)17-11(19)13(16-12(17)20)5-3-4-6-13;/h8-9H,3-7,14H2,1-2H3,(H,15,18)(H,16,20);1H/t8-,9?;/m0./s1. The summed E-state index contributed by atoms with van der Waals surface area (Å²) in [5, 5.41) is 5.45. The molecule has 1 saturated carbocycles. The van der Waals surface area contributed by atoms with Crippen LogP contribution in [0.3, 0.4) is 0 Å². The summed E-state index contributed by atoms with van der Waals surface area (Å²) in [6.45, 7) is 3.64. The number of nitrogens with two attached hydrogens (primary N) is 1. The first-order chi connectivity index (χ1) is 9.41. The molecule has 1 spiro atoms. The molecule has 0 bridgehead atoms. The summed E-state index contributed by atoms with van der Waals surface area (Å²) < 4.78 is 0. The van der Waals surface area contributed by atoms with E-state index in [4.69, 9.17) is 5.73 Å². The summed E-state index contributed by atoms with van der Waals surface area (Å²) in [7, 11) is 0. The molecule has 2 fully saturated rings. The number of nitrogens with zero attached hydrogens (tertiary/aromatic N) is 1. The van der Waals surface area contributed by atoms with Gasteiger partial charge in [0.2, 0.25) is 5.91 Å². The Balaban J connectivity index is 0.00000220. The van der Waals surface area contributed by atoms with Gasteiger partial charge in [-0.05, 0) is 26.7 Å². The van der Waals surface area contributed by atoms with E-state index in [0.717, 1.165) is 17.7 Å². The number of rotatable bonds is 4. The van der Waals surface area contributed by atoms with E-state index in [1.165, 1.54) is 0 Å². The molecule has 0 aromatic carbocycles. The largest absolute Gasteiger partial charge is 0.351 e. The minimum absolute atomic E-state index is 0. The fraction of sp³-hybridized carbons (Fsp3) is 0.769. The van der Waals surface area contributed by atoms with Crippen molar-refractivity contribution in [3.63, 3.8) is 0 Å². The molecular formula is C13H23ClN4O3. The zero-order chi connectivity index (χ0) is 14.9. The van der Waals surface area contributed by atoms with E-state index in [2.05, 4.69) is 10.6 Å². The third kappa shape index (κ3) is 3.13. The number of imide groups is 1. The predicted molar refractivity (Wildman–Crippen MR) is 79.9 cm³/mol. The van der Waals surface area contributed by atoms with Gasteiger partial charge in [-0.1, -0.05) is 12.8 Å². The number of amides is 4. The molecule has 0 radical (unpaired) electrons. The second-order valence-electron chi connectivity index (χ2n) is 5.72. The molecule has 1 heterocycles. The zero-order valence-electron chi connectivity index (χ0n) is 12.3. The third-order valence-electron chi connectivity index (χ3n) is 4.16. The summed E-state index contributed by atoms with van der Waals surface area (Å²) in [4.78, 5) is 37.6. The van der Waals surface area contributed by atoms with Crippen LogP contribution in [0.2, 0.25) is 0 Å². The van der Waals surface area contributed by atoms with Crippen LogP contribution in [0.4, 0.5) is 4.79 Å². The van der Waals surface area contributed by atoms with Crippen molar-refractivity contribution in [2.75, 3.05) is 6.54 Å². The Morgan fingerprint density at radius 2 is 1.95 bits per heavy atom. The first-order valence-corrected chi connectivity index (χ1v) is 7.07. The molecule has 1 aliphatic carbocycles. The summed E-state index contributed by atoms with van der Waals surface area (Å²) in [6.07, 6.45) is 3.15. The fourth-order valence-corrected chi connectivity index (χ4v) is 2.85. The van der Waals surface area contributed by atoms with Gasteiger partial charge in [-0.15, -0.1) is 12.4 Å². The molecule has 4 amide bonds. The lowest BCUT2D eigenvalue weighted by Gasteiger charge is -2.24. The van der Waals surface area contributed by atoms with E-state index in [-0.39, 0.29) is 30.3 Å². The second-order valence-corrected chi connectivity index (χ2v) is 5.72. The van der Waals surface area contributed by atoms with Crippen LogP contribution >= 0.6 is 12.4 Å². The zero-order valence-corrected chi connectivity index (χ0v) is 13.2. The molecule has 1 saturated heterocycles. The first-order valence-electron chi connectivity index (χ1n) is 7.07. The molecular weight excluding hydrogens is 296 g/mol. The van der Waals surface area contributed by atoms with Crippen LogP contribution in [0.15, 0.2) is 0 Å². The minimum atomic E-state index is -0.823. The number of carbonyl (C=O) groups is 3. The summed E-state index contributed by atoms with van der Waals surface area (Å²) in [5.74, 6) is -0.635. The number of hydrogen-bond donors (Lipinski definition) is 3. The van der Waals surface area contributed by atoms with Crippen molar-refractivity contribution >= 4 is 30.3 Å². The van der Waals surface area contributed by atoms with Gasteiger partial charge in [0, 0.05) is 12.6 Å². The minimum Gasteiger partial charge on any atom is -0.351 e. The highest BCUT2D eigenvalue weighted by atomic mass is 35.5. The summed E-state index contributed by atoms with van der Waals surface area (Å²) in [6, 6.07) is -1.48. The van der Waals surface area contributed by atoms with E-state index in [1.807, 2.05) is 0 Å². The number of urea groups is 1. The Kier molecular flexibility index (Phi) is 5.58. The van der Waals surface area contributed by atoms with Crippen LogP contribution in [0.1, 0.15) is 39.5 Å². The van der Waals surface area contributed by atoms with Gasteiger partial charge in [0.05, 0.1) is 0 Å². The van der Waals surface area contributed by atoms with Gasteiger partial charge < -0.3 is 16.4 Å². The molecule has 120 valence electrons. The first kappa shape index (κ1) is 17.7. The number of nitrogens with one attached hydrogen (secondary N) is 2. The van der Waals surface area contributed by atoms with Crippen molar-refractivity contribution in [2.24, 2.45) is 5.73 Å². The van der Waals surface area contributed by atoms with Gasteiger partial charge in [-0.3, -0.25) is 9.59 Å². The Morgan fingerprint density at radius 1 is 1.38 bits per heavy atom. The van der Waals surface area contributed by atoms with Crippen molar-refractivity contribution in [2.45, 2.75) is 57.2 Å². The van der Waals surface area contributed by atoms with E-state index in [9.17, 15) is 14.4 Å². The van der Waals surface area contributed by atoms with Gasteiger partial charge in [-0.2, -0.15) is 0 Å². The quantitative estimate of drug-likeness (QED) is 0.640. The maximum Gasteiger partial charge on any atom is 0.325 e. The molecule has 2 atom stereocenters. The Labute approximate surface area is 130 Å². The smallest absolute Gasteiger partial charge is 0.325 e. The van der Waals surface area contributed by atoms with Crippen molar-refractivity contribution in [3.05, 3.63) is 0 Å². The number of hydrogen-bond acceptors (Lipinski definition) is 4. The van der Waals surface area contributed by atoms with Crippen molar-refractivity contribution in [1.29, 1.82) is 0 Å². The topological polar surface area (TPSA) is 105 Å². The number of halogens is 1. The summed E-state index contributed by atoms with van der Waals surface area (Å²) in [5.41, 5.74) is 4.68. The second kappa shape index (κ2) is 6.62. The number of carbonyl (C=O) groups excluding carboxylic acids is 3. The predicted octanol–water partition coefficient (Wildman–Crippen LogP) is 0.125. The van der Waals surface area contributed by atoms with Gasteiger partial charge in [-0.25, -0.2) is 9.69 Å².